The van der Waals surface area contributed by atoms with Gasteiger partial charge in [-0.15, -0.1) is 0 Å². The largest absolute Gasteiger partial charge is 0.505 e. The highest BCUT2D eigenvalue weighted by Gasteiger charge is 2.30. The molecule has 1 aromatic carbocycles. The summed E-state index contributed by atoms with van der Waals surface area (Å²) >= 11 is 0. The van der Waals surface area contributed by atoms with Gasteiger partial charge in [-0.1, -0.05) is 12.1 Å². The second kappa shape index (κ2) is 3.81. The van der Waals surface area contributed by atoms with E-state index in [1.54, 1.807) is 12.1 Å². The number of para-hydroxylation sites is 1. The van der Waals surface area contributed by atoms with E-state index in [1.807, 2.05) is 0 Å². The summed E-state index contributed by atoms with van der Waals surface area (Å²) in [5.41, 5.74) is 0.807. The topological polar surface area (TPSA) is 32.3 Å². The van der Waals surface area contributed by atoms with Gasteiger partial charge in [-0.05, 0) is 32.3 Å². The molecule has 0 aromatic heterocycles. The van der Waals surface area contributed by atoms with E-state index in [0.29, 0.717) is 12.1 Å². The third kappa shape index (κ3) is 2.12. The lowest BCUT2D eigenvalue weighted by molar-refractivity contribution is 0.206. The van der Waals surface area contributed by atoms with Gasteiger partial charge in [0.05, 0.1) is 0 Å². The molecule has 0 spiro atoms. The number of phenols is 1. The summed E-state index contributed by atoms with van der Waals surface area (Å²) < 4.78 is 13.0. The molecule has 1 saturated carbocycles. The number of benzene rings is 1. The Morgan fingerprint density at radius 1 is 1.47 bits per heavy atom. The molecule has 0 saturated heterocycles. The molecule has 0 amide bonds. The van der Waals surface area contributed by atoms with E-state index in [2.05, 4.69) is 12.2 Å². The summed E-state index contributed by atoms with van der Waals surface area (Å²) in [5.74, 6) is -0.777. The molecular formula is C12H16FNO. The third-order valence-corrected chi connectivity index (χ3v) is 3.23. The van der Waals surface area contributed by atoms with E-state index in [4.69, 9.17) is 0 Å². The zero-order chi connectivity index (χ0) is 10.9. The van der Waals surface area contributed by atoms with Crippen molar-refractivity contribution in [3.8, 4) is 5.75 Å². The first-order chi connectivity index (χ1) is 7.11. The van der Waals surface area contributed by atoms with Crippen molar-refractivity contribution in [1.82, 2.24) is 5.32 Å². The summed E-state index contributed by atoms with van der Waals surface area (Å²) in [5, 5.41) is 12.8. The molecule has 0 bridgehead atoms. The normalized spacial score (nSPS) is 18.5. The third-order valence-electron chi connectivity index (χ3n) is 3.23. The predicted octanol–water partition coefficient (Wildman–Crippen LogP) is 2.56. The Hall–Kier alpha value is -1.09. The van der Waals surface area contributed by atoms with Crippen molar-refractivity contribution in [3.05, 3.63) is 29.6 Å². The van der Waals surface area contributed by atoms with Crippen LogP contribution in [0.25, 0.3) is 0 Å². The van der Waals surface area contributed by atoms with Crippen molar-refractivity contribution in [1.29, 1.82) is 0 Å². The maximum atomic E-state index is 13.0. The Morgan fingerprint density at radius 2 is 2.20 bits per heavy atom. The molecule has 0 unspecified atom stereocenters. The fraction of sp³-hybridized carbons (Fsp3) is 0.500. The molecule has 1 aliphatic carbocycles. The standard InChI is InChI=1S/C12H16FNO/c1-12(6-3-7-12)14-8-9-4-2-5-10(13)11(9)15/h2,4-5,14-15H,3,6-8H2,1H3. The Bertz CT molecular complexity index is 361. The highest BCUT2D eigenvalue weighted by Crippen LogP contribution is 2.32. The van der Waals surface area contributed by atoms with Gasteiger partial charge in [0.2, 0.25) is 0 Å². The quantitative estimate of drug-likeness (QED) is 0.801. The Kier molecular flexibility index (Phi) is 2.65. The number of halogens is 1. The van der Waals surface area contributed by atoms with E-state index in [9.17, 15) is 9.50 Å². The van der Waals surface area contributed by atoms with Gasteiger partial charge in [-0.3, -0.25) is 0 Å². The van der Waals surface area contributed by atoms with Crippen LogP contribution in [0, 0.1) is 5.82 Å². The Balaban J connectivity index is 2.01. The number of phenolic OH excluding ortho intramolecular Hbond substituents is 1. The monoisotopic (exact) mass is 209 g/mol. The fourth-order valence-corrected chi connectivity index (χ4v) is 1.90. The van der Waals surface area contributed by atoms with E-state index in [1.165, 1.54) is 12.5 Å². The van der Waals surface area contributed by atoms with Crippen LogP contribution in [0.15, 0.2) is 18.2 Å². The highest BCUT2D eigenvalue weighted by atomic mass is 19.1. The fourth-order valence-electron chi connectivity index (χ4n) is 1.90. The lowest BCUT2D eigenvalue weighted by Gasteiger charge is -2.39. The van der Waals surface area contributed by atoms with Gasteiger partial charge in [-0.25, -0.2) is 4.39 Å². The molecule has 0 atom stereocenters. The second-order valence-corrected chi connectivity index (χ2v) is 4.52. The van der Waals surface area contributed by atoms with E-state index >= 15 is 0 Å². The lowest BCUT2D eigenvalue weighted by atomic mass is 9.78. The molecule has 2 rings (SSSR count). The van der Waals surface area contributed by atoms with E-state index in [0.717, 1.165) is 12.8 Å². The molecule has 0 radical (unpaired) electrons. The minimum atomic E-state index is -0.548. The molecule has 15 heavy (non-hydrogen) atoms. The first-order valence-electron chi connectivity index (χ1n) is 5.32. The van der Waals surface area contributed by atoms with Crippen molar-refractivity contribution >= 4 is 0 Å². The Morgan fingerprint density at radius 3 is 2.80 bits per heavy atom. The van der Waals surface area contributed by atoms with Crippen LogP contribution in [-0.2, 0) is 6.54 Å². The summed E-state index contributed by atoms with van der Waals surface area (Å²) in [6.07, 6.45) is 3.56. The van der Waals surface area contributed by atoms with Crippen LogP contribution < -0.4 is 5.32 Å². The average molecular weight is 209 g/mol. The molecule has 3 heteroatoms. The van der Waals surface area contributed by atoms with Gasteiger partial charge in [-0.2, -0.15) is 0 Å². The molecule has 2 N–H and O–H groups in total. The summed E-state index contributed by atoms with van der Waals surface area (Å²) in [4.78, 5) is 0. The van der Waals surface area contributed by atoms with Crippen molar-refractivity contribution in [2.75, 3.05) is 0 Å². The molecule has 1 aromatic rings. The molecule has 1 fully saturated rings. The van der Waals surface area contributed by atoms with Crippen molar-refractivity contribution in [2.45, 2.75) is 38.3 Å². The van der Waals surface area contributed by atoms with Crippen LogP contribution in [-0.4, -0.2) is 10.6 Å². The summed E-state index contributed by atoms with van der Waals surface area (Å²) in [7, 11) is 0. The van der Waals surface area contributed by atoms with Crippen LogP contribution in [0.3, 0.4) is 0 Å². The van der Waals surface area contributed by atoms with Crippen molar-refractivity contribution in [2.24, 2.45) is 0 Å². The zero-order valence-electron chi connectivity index (χ0n) is 8.89. The molecule has 0 aliphatic heterocycles. The predicted molar refractivity (Wildman–Crippen MR) is 57.2 cm³/mol. The summed E-state index contributed by atoms with van der Waals surface area (Å²) in [6.45, 7) is 2.69. The van der Waals surface area contributed by atoms with Gasteiger partial charge < -0.3 is 10.4 Å². The molecular weight excluding hydrogens is 193 g/mol. The first-order valence-corrected chi connectivity index (χ1v) is 5.32. The number of rotatable bonds is 3. The molecule has 1 aliphatic rings. The summed E-state index contributed by atoms with van der Waals surface area (Å²) in [6, 6.07) is 4.63. The van der Waals surface area contributed by atoms with Crippen LogP contribution in [0.1, 0.15) is 31.7 Å². The Labute approximate surface area is 89.1 Å². The average Bonchev–Trinajstić information content (AvgIpc) is 2.17. The van der Waals surface area contributed by atoms with Crippen LogP contribution >= 0.6 is 0 Å². The van der Waals surface area contributed by atoms with Gasteiger partial charge in [0, 0.05) is 17.6 Å². The van der Waals surface area contributed by atoms with Crippen LogP contribution in [0.5, 0.6) is 5.75 Å². The van der Waals surface area contributed by atoms with Crippen molar-refractivity contribution in [3.63, 3.8) is 0 Å². The highest BCUT2D eigenvalue weighted by molar-refractivity contribution is 5.33. The number of aromatic hydroxyl groups is 1. The van der Waals surface area contributed by atoms with Crippen molar-refractivity contribution < 1.29 is 9.50 Å². The SMILES string of the molecule is CC1(NCc2cccc(F)c2O)CCC1. The second-order valence-electron chi connectivity index (χ2n) is 4.52. The van der Waals surface area contributed by atoms with Gasteiger partial charge in [0.25, 0.3) is 0 Å². The maximum absolute atomic E-state index is 13.0. The first kappa shape index (κ1) is 10.4. The minimum absolute atomic E-state index is 0.179. The zero-order valence-corrected chi connectivity index (χ0v) is 8.89. The number of nitrogens with one attached hydrogen (secondary N) is 1. The van der Waals surface area contributed by atoms with Crippen LogP contribution in [0.2, 0.25) is 0 Å². The molecule has 2 nitrogen and oxygen atoms in total. The maximum Gasteiger partial charge on any atom is 0.165 e. The van der Waals surface area contributed by atoms with E-state index in [-0.39, 0.29) is 11.3 Å². The molecule has 82 valence electrons. The van der Waals surface area contributed by atoms with Gasteiger partial charge in [0.15, 0.2) is 11.6 Å². The van der Waals surface area contributed by atoms with Crippen LogP contribution in [0.4, 0.5) is 4.39 Å². The van der Waals surface area contributed by atoms with Gasteiger partial charge in [0.1, 0.15) is 0 Å². The minimum Gasteiger partial charge on any atom is -0.505 e. The van der Waals surface area contributed by atoms with Gasteiger partial charge >= 0.3 is 0 Å². The lowest BCUT2D eigenvalue weighted by Crippen LogP contribution is -2.47. The number of hydrogen-bond acceptors (Lipinski definition) is 2. The van der Waals surface area contributed by atoms with E-state index < -0.39 is 5.82 Å². The number of hydrogen-bond donors (Lipinski definition) is 2. The smallest absolute Gasteiger partial charge is 0.165 e. The molecule has 0 heterocycles.